The summed E-state index contributed by atoms with van der Waals surface area (Å²) in [5, 5.41) is 0. The SMILES string of the molecule is Cc1ccc(C2(C(C)(C)C)OCCO2)cc1. The van der Waals surface area contributed by atoms with Crippen molar-refractivity contribution in [1.29, 1.82) is 0 Å². The Kier molecular flexibility index (Phi) is 2.81. The lowest BCUT2D eigenvalue weighted by molar-refractivity contribution is -0.232. The maximum absolute atomic E-state index is 5.91. The highest BCUT2D eigenvalue weighted by molar-refractivity contribution is 5.27. The van der Waals surface area contributed by atoms with Crippen LogP contribution in [0.5, 0.6) is 0 Å². The van der Waals surface area contributed by atoms with E-state index in [0.717, 1.165) is 5.56 Å². The molecule has 1 aromatic carbocycles. The van der Waals surface area contributed by atoms with Crippen LogP contribution in [0.25, 0.3) is 0 Å². The Labute approximate surface area is 97.6 Å². The molecule has 16 heavy (non-hydrogen) atoms. The van der Waals surface area contributed by atoms with Crippen LogP contribution in [0.1, 0.15) is 31.9 Å². The second-order valence-corrected chi connectivity index (χ2v) is 5.43. The lowest BCUT2D eigenvalue weighted by atomic mass is 9.80. The molecular formula is C14H20O2. The Morgan fingerprint density at radius 1 is 1.00 bits per heavy atom. The average Bonchev–Trinajstić information content (AvgIpc) is 2.68. The summed E-state index contributed by atoms with van der Waals surface area (Å²) in [6.45, 7) is 9.88. The standard InChI is InChI=1S/C14H20O2/c1-11-5-7-12(8-6-11)14(13(2,3)4)15-9-10-16-14/h5-8H,9-10H2,1-4H3. The van der Waals surface area contributed by atoms with Crippen molar-refractivity contribution in [3.05, 3.63) is 35.4 Å². The molecule has 0 atom stereocenters. The second-order valence-electron chi connectivity index (χ2n) is 5.43. The molecule has 1 heterocycles. The van der Waals surface area contributed by atoms with Crippen molar-refractivity contribution in [2.45, 2.75) is 33.5 Å². The Hall–Kier alpha value is -0.860. The van der Waals surface area contributed by atoms with Crippen molar-refractivity contribution >= 4 is 0 Å². The van der Waals surface area contributed by atoms with Gasteiger partial charge in [0.2, 0.25) is 0 Å². The van der Waals surface area contributed by atoms with Gasteiger partial charge in [-0.1, -0.05) is 50.6 Å². The molecule has 0 unspecified atom stereocenters. The quantitative estimate of drug-likeness (QED) is 0.723. The van der Waals surface area contributed by atoms with E-state index in [2.05, 4.69) is 52.0 Å². The van der Waals surface area contributed by atoms with Crippen molar-refractivity contribution in [1.82, 2.24) is 0 Å². The summed E-state index contributed by atoms with van der Waals surface area (Å²) in [5.41, 5.74) is 2.30. The summed E-state index contributed by atoms with van der Waals surface area (Å²) in [7, 11) is 0. The Bertz CT molecular complexity index is 353. The second kappa shape index (κ2) is 3.86. The van der Waals surface area contributed by atoms with Gasteiger partial charge >= 0.3 is 0 Å². The molecular weight excluding hydrogens is 200 g/mol. The Morgan fingerprint density at radius 3 is 1.94 bits per heavy atom. The number of aryl methyl sites for hydroxylation is 1. The maximum Gasteiger partial charge on any atom is 0.199 e. The van der Waals surface area contributed by atoms with Crippen LogP contribution < -0.4 is 0 Å². The summed E-state index contributed by atoms with van der Waals surface area (Å²) in [4.78, 5) is 0. The van der Waals surface area contributed by atoms with Crippen LogP contribution in [-0.2, 0) is 15.3 Å². The molecule has 88 valence electrons. The van der Waals surface area contributed by atoms with E-state index in [4.69, 9.17) is 9.47 Å². The van der Waals surface area contributed by atoms with Crippen LogP contribution in [0.3, 0.4) is 0 Å². The molecule has 0 bridgehead atoms. The van der Waals surface area contributed by atoms with Gasteiger partial charge in [0.15, 0.2) is 5.79 Å². The summed E-state index contributed by atoms with van der Waals surface area (Å²) >= 11 is 0. The molecule has 0 radical (unpaired) electrons. The first-order valence-electron chi connectivity index (χ1n) is 5.81. The predicted octanol–water partition coefficient (Wildman–Crippen LogP) is 3.24. The van der Waals surface area contributed by atoms with Gasteiger partial charge in [-0.2, -0.15) is 0 Å². The molecule has 2 rings (SSSR count). The van der Waals surface area contributed by atoms with E-state index < -0.39 is 5.79 Å². The largest absolute Gasteiger partial charge is 0.343 e. The molecule has 0 spiro atoms. The first-order valence-corrected chi connectivity index (χ1v) is 5.81. The summed E-state index contributed by atoms with van der Waals surface area (Å²) in [6.07, 6.45) is 0. The van der Waals surface area contributed by atoms with Crippen molar-refractivity contribution in [2.24, 2.45) is 5.41 Å². The molecule has 1 saturated heterocycles. The van der Waals surface area contributed by atoms with Gasteiger partial charge in [0.25, 0.3) is 0 Å². The number of hydrogen-bond donors (Lipinski definition) is 0. The third-order valence-corrected chi connectivity index (χ3v) is 3.11. The molecule has 0 saturated carbocycles. The van der Waals surface area contributed by atoms with Gasteiger partial charge in [-0.15, -0.1) is 0 Å². The van der Waals surface area contributed by atoms with Crippen molar-refractivity contribution in [3.63, 3.8) is 0 Å². The smallest absolute Gasteiger partial charge is 0.199 e. The fourth-order valence-electron chi connectivity index (χ4n) is 2.22. The fraction of sp³-hybridized carbons (Fsp3) is 0.571. The molecule has 1 aliphatic heterocycles. The third kappa shape index (κ3) is 1.76. The molecule has 0 aromatic heterocycles. The molecule has 0 aliphatic carbocycles. The van der Waals surface area contributed by atoms with Crippen LogP contribution in [0.2, 0.25) is 0 Å². The topological polar surface area (TPSA) is 18.5 Å². The highest BCUT2D eigenvalue weighted by atomic mass is 16.7. The predicted molar refractivity (Wildman–Crippen MR) is 64.2 cm³/mol. The molecule has 1 aromatic rings. The zero-order chi connectivity index (χ0) is 11.8. The number of ether oxygens (including phenoxy) is 2. The maximum atomic E-state index is 5.91. The van der Waals surface area contributed by atoms with E-state index in [1.807, 2.05) is 0 Å². The Morgan fingerprint density at radius 2 is 1.50 bits per heavy atom. The molecule has 0 N–H and O–H groups in total. The fourth-order valence-corrected chi connectivity index (χ4v) is 2.22. The first-order chi connectivity index (χ1) is 7.46. The van der Waals surface area contributed by atoms with E-state index >= 15 is 0 Å². The van der Waals surface area contributed by atoms with Crippen LogP contribution in [0.4, 0.5) is 0 Å². The minimum Gasteiger partial charge on any atom is -0.343 e. The molecule has 1 aliphatic rings. The van der Waals surface area contributed by atoms with Crippen molar-refractivity contribution in [2.75, 3.05) is 13.2 Å². The van der Waals surface area contributed by atoms with Gasteiger partial charge in [0, 0.05) is 11.0 Å². The van der Waals surface area contributed by atoms with Crippen molar-refractivity contribution < 1.29 is 9.47 Å². The van der Waals surface area contributed by atoms with E-state index in [0.29, 0.717) is 13.2 Å². The van der Waals surface area contributed by atoms with Gasteiger partial charge in [0.05, 0.1) is 13.2 Å². The minimum absolute atomic E-state index is 0.0707. The molecule has 0 amide bonds. The minimum atomic E-state index is -0.583. The zero-order valence-corrected chi connectivity index (χ0v) is 10.5. The molecule has 1 fully saturated rings. The van der Waals surface area contributed by atoms with E-state index in [1.165, 1.54) is 5.56 Å². The Balaban J connectivity index is 2.44. The third-order valence-electron chi connectivity index (χ3n) is 3.11. The van der Waals surface area contributed by atoms with Crippen LogP contribution in [0.15, 0.2) is 24.3 Å². The van der Waals surface area contributed by atoms with E-state index in [-0.39, 0.29) is 5.41 Å². The average molecular weight is 220 g/mol. The van der Waals surface area contributed by atoms with E-state index in [1.54, 1.807) is 0 Å². The lowest BCUT2D eigenvalue weighted by Gasteiger charge is -2.39. The van der Waals surface area contributed by atoms with Gasteiger partial charge in [-0.3, -0.25) is 0 Å². The van der Waals surface area contributed by atoms with Crippen LogP contribution in [-0.4, -0.2) is 13.2 Å². The van der Waals surface area contributed by atoms with Crippen LogP contribution >= 0.6 is 0 Å². The highest BCUT2D eigenvalue weighted by Crippen LogP contribution is 2.46. The van der Waals surface area contributed by atoms with Gasteiger partial charge in [-0.25, -0.2) is 0 Å². The van der Waals surface area contributed by atoms with Gasteiger partial charge in [-0.05, 0) is 6.92 Å². The monoisotopic (exact) mass is 220 g/mol. The number of benzene rings is 1. The molecule has 2 nitrogen and oxygen atoms in total. The van der Waals surface area contributed by atoms with Gasteiger partial charge in [0.1, 0.15) is 0 Å². The summed E-state index contributed by atoms with van der Waals surface area (Å²) in [6, 6.07) is 8.42. The van der Waals surface area contributed by atoms with Gasteiger partial charge < -0.3 is 9.47 Å². The normalized spacial score (nSPS) is 20.0. The number of hydrogen-bond acceptors (Lipinski definition) is 2. The number of rotatable bonds is 1. The van der Waals surface area contributed by atoms with Crippen molar-refractivity contribution in [3.8, 4) is 0 Å². The first kappa shape index (κ1) is 11.6. The summed E-state index contributed by atoms with van der Waals surface area (Å²) in [5.74, 6) is -0.583. The highest BCUT2D eigenvalue weighted by Gasteiger charge is 2.48. The molecule has 2 heteroatoms. The summed E-state index contributed by atoms with van der Waals surface area (Å²) < 4.78 is 11.8. The lowest BCUT2D eigenvalue weighted by Crippen LogP contribution is -2.41. The van der Waals surface area contributed by atoms with Crippen LogP contribution in [0, 0.1) is 12.3 Å². The van der Waals surface area contributed by atoms with E-state index in [9.17, 15) is 0 Å². The zero-order valence-electron chi connectivity index (χ0n) is 10.5.